The maximum absolute atomic E-state index is 12.4. The number of carboxylic acids is 1. The number of hydrogen-bond acceptors (Lipinski definition) is 4. The number of carbonyl (C=O) groups excluding carboxylic acids is 1. The molecule has 1 aliphatic carbocycles. The van der Waals surface area contributed by atoms with Crippen molar-refractivity contribution in [2.75, 3.05) is 18.4 Å². The number of benzene rings is 1. The average molecular weight is 353 g/mol. The quantitative estimate of drug-likeness (QED) is 0.748. The summed E-state index contributed by atoms with van der Waals surface area (Å²) in [6.45, 7) is 0.626. The predicted molar refractivity (Wildman–Crippen MR) is 85.8 cm³/mol. The third kappa shape index (κ3) is 2.84. The fraction of sp³-hybridized carbons (Fsp3) is 0.467. The molecule has 2 fully saturated rings. The van der Waals surface area contributed by atoms with Crippen molar-refractivity contribution in [3.8, 4) is 0 Å². The van der Waals surface area contributed by atoms with Crippen molar-refractivity contribution in [1.82, 2.24) is 4.90 Å². The summed E-state index contributed by atoms with van der Waals surface area (Å²) in [6.07, 6.45) is 2.29. The lowest BCUT2D eigenvalue weighted by Gasteiger charge is -2.23. The van der Waals surface area contributed by atoms with Crippen LogP contribution in [0.5, 0.6) is 0 Å². The Bertz CT molecular complexity index is 777. The Morgan fingerprint density at radius 2 is 1.96 bits per heavy atom. The minimum Gasteiger partial charge on any atom is -0.481 e. The van der Waals surface area contributed by atoms with Crippen LogP contribution in [0.1, 0.15) is 19.3 Å². The van der Waals surface area contributed by atoms with Crippen molar-refractivity contribution >= 4 is 27.7 Å². The summed E-state index contributed by atoms with van der Waals surface area (Å²) >= 11 is 0. The number of nitrogens with one attached hydrogen (secondary N) is 1. The molecule has 3 rings (SSSR count). The number of amides is 2. The van der Waals surface area contributed by atoms with Crippen LogP contribution in [0.15, 0.2) is 29.2 Å². The molecule has 0 bridgehead atoms. The summed E-state index contributed by atoms with van der Waals surface area (Å²) in [4.78, 5) is 25.5. The number of hydrogen-bond donors (Lipinski definition) is 3. The van der Waals surface area contributed by atoms with Gasteiger partial charge in [-0.15, -0.1) is 0 Å². The van der Waals surface area contributed by atoms with E-state index in [2.05, 4.69) is 5.32 Å². The highest BCUT2D eigenvalue weighted by Gasteiger charge is 2.55. The highest BCUT2D eigenvalue weighted by Crippen LogP contribution is 2.48. The number of rotatable bonds is 3. The summed E-state index contributed by atoms with van der Waals surface area (Å²) in [5.41, 5.74) is -0.400. The van der Waals surface area contributed by atoms with Crippen LogP contribution in [0.3, 0.4) is 0 Å². The zero-order valence-electron chi connectivity index (χ0n) is 12.9. The molecule has 1 saturated carbocycles. The molecular formula is C15H19N3O5S. The third-order valence-corrected chi connectivity index (χ3v) is 5.95. The molecule has 2 atom stereocenters. The number of likely N-dealkylation sites (tertiary alicyclic amines) is 1. The summed E-state index contributed by atoms with van der Waals surface area (Å²) in [6, 6.07) is 5.13. The Balaban J connectivity index is 1.69. The van der Waals surface area contributed by atoms with E-state index >= 15 is 0 Å². The summed E-state index contributed by atoms with van der Waals surface area (Å²) in [7, 11) is -3.78. The van der Waals surface area contributed by atoms with Crippen LogP contribution < -0.4 is 10.5 Å². The van der Waals surface area contributed by atoms with Crippen LogP contribution in [-0.2, 0) is 14.8 Å². The topological polar surface area (TPSA) is 130 Å². The number of carbonyl (C=O) groups is 2. The monoisotopic (exact) mass is 353 g/mol. The average Bonchev–Trinajstić information content (AvgIpc) is 3.04. The molecule has 9 heteroatoms. The number of aliphatic carboxylic acids is 1. The summed E-state index contributed by atoms with van der Waals surface area (Å²) < 4.78 is 22.4. The van der Waals surface area contributed by atoms with E-state index in [1.54, 1.807) is 0 Å². The van der Waals surface area contributed by atoms with Crippen LogP contribution in [0.2, 0.25) is 0 Å². The summed E-state index contributed by atoms with van der Waals surface area (Å²) in [5.74, 6) is -0.844. The van der Waals surface area contributed by atoms with Crippen molar-refractivity contribution in [1.29, 1.82) is 0 Å². The standard InChI is InChI=1S/C15H19N3O5S/c16-24(22,23)12-5-3-11(4-6-12)17-14(21)18-8-10-2-1-7-15(10,9-18)13(19)20/h3-6,10H,1-2,7-9H2,(H,17,21)(H,19,20)(H2,16,22,23)/t10-,15+/m0/s1. The molecule has 0 unspecified atom stereocenters. The van der Waals surface area contributed by atoms with E-state index in [9.17, 15) is 23.1 Å². The largest absolute Gasteiger partial charge is 0.481 e. The zero-order valence-corrected chi connectivity index (χ0v) is 13.8. The molecule has 2 amide bonds. The molecule has 1 aromatic carbocycles. The molecular weight excluding hydrogens is 334 g/mol. The first-order valence-corrected chi connectivity index (χ1v) is 9.19. The van der Waals surface area contributed by atoms with Gasteiger partial charge in [-0.25, -0.2) is 18.4 Å². The SMILES string of the molecule is NS(=O)(=O)c1ccc(NC(=O)N2C[C@@H]3CCC[C@@]3(C(=O)O)C2)cc1. The van der Waals surface area contributed by atoms with Crippen LogP contribution in [0.25, 0.3) is 0 Å². The second kappa shape index (κ2) is 5.75. The van der Waals surface area contributed by atoms with E-state index in [0.29, 0.717) is 18.7 Å². The van der Waals surface area contributed by atoms with Crippen molar-refractivity contribution in [2.24, 2.45) is 16.5 Å². The molecule has 1 aliphatic heterocycles. The zero-order chi connectivity index (χ0) is 17.5. The van der Waals surface area contributed by atoms with Crippen molar-refractivity contribution in [3.63, 3.8) is 0 Å². The highest BCUT2D eigenvalue weighted by molar-refractivity contribution is 7.89. The van der Waals surface area contributed by atoms with Crippen LogP contribution in [0.4, 0.5) is 10.5 Å². The van der Waals surface area contributed by atoms with Gasteiger partial charge in [0.05, 0.1) is 10.3 Å². The Labute approximate surface area is 139 Å². The first kappa shape index (κ1) is 16.7. The fourth-order valence-corrected chi connectivity index (χ4v) is 4.24. The van der Waals surface area contributed by atoms with Gasteiger partial charge in [0, 0.05) is 18.8 Å². The number of urea groups is 1. The van der Waals surface area contributed by atoms with Gasteiger partial charge in [0.1, 0.15) is 0 Å². The fourth-order valence-electron chi connectivity index (χ4n) is 3.72. The van der Waals surface area contributed by atoms with E-state index < -0.39 is 21.4 Å². The number of anilines is 1. The Hall–Kier alpha value is -2.13. The lowest BCUT2D eigenvalue weighted by Crippen LogP contribution is -2.38. The van der Waals surface area contributed by atoms with Crippen molar-refractivity contribution in [2.45, 2.75) is 24.2 Å². The van der Waals surface area contributed by atoms with Gasteiger partial charge in [-0.1, -0.05) is 6.42 Å². The minimum absolute atomic E-state index is 0.00879. The van der Waals surface area contributed by atoms with Gasteiger partial charge < -0.3 is 15.3 Å². The lowest BCUT2D eigenvalue weighted by atomic mass is 9.81. The number of nitrogens with two attached hydrogens (primary N) is 1. The van der Waals surface area contributed by atoms with E-state index in [4.69, 9.17) is 5.14 Å². The highest BCUT2D eigenvalue weighted by atomic mass is 32.2. The third-order valence-electron chi connectivity index (χ3n) is 5.02. The van der Waals surface area contributed by atoms with Gasteiger partial charge in [-0.2, -0.15) is 0 Å². The Morgan fingerprint density at radius 3 is 2.50 bits per heavy atom. The van der Waals surface area contributed by atoms with E-state index in [1.807, 2.05) is 0 Å². The van der Waals surface area contributed by atoms with Gasteiger partial charge in [-0.3, -0.25) is 4.79 Å². The van der Waals surface area contributed by atoms with Gasteiger partial charge in [0.25, 0.3) is 0 Å². The van der Waals surface area contributed by atoms with Gasteiger partial charge in [0.15, 0.2) is 0 Å². The minimum atomic E-state index is -3.78. The molecule has 1 saturated heterocycles. The van der Waals surface area contributed by atoms with Crippen LogP contribution >= 0.6 is 0 Å². The molecule has 1 heterocycles. The maximum Gasteiger partial charge on any atom is 0.321 e. The van der Waals surface area contributed by atoms with E-state index in [-0.39, 0.29) is 23.4 Å². The molecule has 0 radical (unpaired) electrons. The van der Waals surface area contributed by atoms with E-state index in [1.165, 1.54) is 29.2 Å². The smallest absolute Gasteiger partial charge is 0.321 e. The van der Waals surface area contributed by atoms with Gasteiger partial charge in [0.2, 0.25) is 10.0 Å². The Kier molecular flexibility index (Phi) is 4.00. The number of primary sulfonamides is 1. The molecule has 130 valence electrons. The number of carboxylic acid groups (broad SMARTS) is 1. The second-order valence-corrected chi connectivity index (χ2v) is 7.99. The molecule has 8 nitrogen and oxygen atoms in total. The predicted octanol–water partition coefficient (Wildman–Crippen LogP) is 1.05. The number of sulfonamides is 1. The molecule has 0 aromatic heterocycles. The summed E-state index contributed by atoms with van der Waals surface area (Å²) in [5, 5.41) is 17.2. The molecule has 4 N–H and O–H groups in total. The molecule has 1 aromatic rings. The normalized spacial score (nSPS) is 26.2. The number of nitrogens with zero attached hydrogens (tertiary/aromatic N) is 1. The first-order valence-electron chi connectivity index (χ1n) is 7.64. The molecule has 0 spiro atoms. The van der Waals surface area contributed by atoms with E-state index in [0.717, 1.165) is 12.8 Å². The van der Waals surface area contributed by atoms with Gasteiger partial charge >= 0.3 is 12.0 Å². The number of fused-ring (bicyclic) bond motifs is 1. The first-order chi connectivity index (χ1) is 11.2. The maximum atomic E-state index is 12.4. The van der Waals surface area contributed by atoms with Crippen LogP contribution in [0, 0.1) is 11.3 Å². The second-order valence-electron chi connectivity index (χ2n) is 6.43. The lowest BCUT2D eigenvalue weighted by molar-refractivity contribution is -0.149. The van der Waals surface area contributed by atoms with Crippen LogP contribution in [-0.4, -0.2) is 43.5 Å². The van der Waals surface area contributed by atoms with Crippen molar-refractivity contribution < 1.29 is 23.1 Å². The molecule has 2 aliphatic rings. The van der Waals surface area contributed by atoms with Gasteiger partial charge in [-0.05, 0) is 43.0 Å². The van der Waals surface area contributed by atoms with Crippen molar-refractivity contribution in [3.05, 3.63) is 24.3 Å². The Morgan fingerprint density at radius 1 is 1.29 bits per heavy atom. The molecule has 24 heavy (non-hydrogen) atoms.